The third-order valence-electron chi connectivity index (χ3n) is 3.08. The molecule has 1 heterocycles. The maximum atomic E-state index is 12.8. The smallest absolute Gasteiger partial charge is 0.370 e. The van der Waals surface area contributed by atoms with E-state index in [9.17, 15) is 13.2 Å². The zero-order valence-corrected chi connectivity index (χ0v) is 10.2. The molecule has 0 amide bonds. The molecule has 7 heteroatoms. The molecular weight excluding hydrogens is 245 g/mol. The Balaban J connectivity index is 2.23. The van der Waals surface area contributed by atoms with Gasteiger partial charge in [0.1, 0.15) is 23.5 Å². The van der Waals surface area contributed by atoms with Crippen LogP contribution in [0.4, 0.5) is 24.8 Å². The van der Waals surface area contributed by atoms with Crippen molar-refractivity contribution in [3.63, 3.8) is 0 Å². The van der Waals surface area contributed by atoms with Crippen LogP contribution in [0.2, 0.25) is 0 Å². The molecular formula is C11H15F3N4. The summed E-state index contributed by atoms with van der Waals surface area (Å²) >= 11 is 0. The average Bonchev–Trinajstić information content (AvgIpc) is 3.04. The molecule has 0 spiro atoms. The lowest BCUT2D eigenvalue weighted by atomic mass is 10.2. The van der Waals surface area contributed by atoms with E-state index in [0.29, 0.717) is 17.9 Å². The van der Waals surface area contributed by atoms with Crippen molar-refractivity contribution in [2.45, 2.75) is 38.4 Å². The van der Waals surface area contributed by atoms with E-state index < -0.39 is 11.7 Å². The number of rotatable bonds is 4. The summed E-state index contributed by atoms with van der Waals surface area (Å²) in [6.45, 7) is 4.25. The van der Waals surface area contributed by atoms with Crippen molar-refractivity contribution in [2.75, 3.05) is 17.2 Å². The van der Waals surface area contributed by atoms with Crippen LogP contribution in [0, 0.1) is 6.92 Å². The van der Waals surface area contributed by atoms with Gasteiger partial charge in [0.05, 0.1) is 0 Å². The Morgan fingerprint density at radius 2 is 1.89 bits per heavy atom. The van der Waals surface area contributed by atoms with Gasteiger partial charge in [-0.05, 0) is 26.7 Å². The minimum Gasteiger partial charge on any atom is -0.370 e. The van der Waals surface area contributed by atoms with Gasteiger partial charge in [0, 0.05) is 12.1 Å². The topological polar surface area (TPSA) is 49.8 Å². The van der Waals surface area contributed by atoms with Gasteiger partial charge in [-0.2, -0.15) is 13.2 Å². The molecule has 0 bridgehead atoms. The first-order chi connectivity index (χ1) is 8.39. The minimum absolute atomic E-state index is 0.0937. The van der Waals surface area contributed by atoms with E-state index in [0.717, 1.165) is 0 Å². The van der Waals surface area contributed by atoms with Gasteiger partial charge in [-0.15, -0.1) is 0 Å². The fourth-order valence-electron chi connectivity index (χ4n) is 1.75. The second kappa shape index (κ2) is 4.29. The van der Waals surface area contributed by atoms with Gasteiger partial charge < -0.3 is 10.6 Å². The van der Waals surface area contributed by atoms with E-state index >= 15 is 0 Å². The molecule has 4 nitrogen and oxygen atoms in total. The van der Waals surface area contributed by atoms with Crippen LogP contribution in [-0.2, 0) is 0 Å². The van der Waals surface area contributed by atoms with Gasteiger partial charge in [-0.25, -0.2) is 9.97 Å². The SMILES string of the molecule is CCNc1ncnc(NC2(C(F)(F)F)CC2)c1C. The number of halogens is 3. The molecule has 1 fully saturated rings. The molecule has 2 rings (SSSR count). The number of alkyl halides is 3. The van der Waals surface area contributed by atoms with Crippen LogP contribution < -0.4 is 10.6 Å². The van der Waals surface area contributed by atoms with Crippen molar-refractivity contribution in [2.24, 2.45) is 0 Å². The number of hydrogen-bond acceptors (Lipinski definition) is 4. The highest BCUT2D eigenvalue weighted by molar-refractivity contribution is 5.58. The average molecular weight is 260 g/mol. The number of aromatic nitrogens is 2. The summed E-state index contributed by atoms with van der Waals surface area (Å²) in [6, 6.07) is 0. The molecule has 0 atom stereocenters. The van der Waals surface area contributed by atoms with E-state index in [1.165, 1.54) is 6.33 Å². The number of hydrogen-bond donors (Lipinski definition) is 2. The predicted molar refractivity (Wildman–Crippen MR) is 62.6 cm³/mol. The molecule has 1 aliphatic rings. The lowest BCUT2D eigenvalue weighted by Gasteiger charge is -2.22. The fraction of sp³-hybridized carbons (Fsp3) is 0.636. The second-order valence-electron chi connectivity index (χ2n) is 4.43. The predicted octanol–water partition coefficient (Wildman–Crippen LogP) is 2.72. The highest BCUT2D eigenvalue weighted by Crippen LogP contribution is 2.51. The van der Waals surface area contributed by atoms with Gasteiger partial charge in [0.25, 0.3) is 0 Å². The first-order valence-corrected chi connectivity index (χ1v) is 5.80. The van der Waals surface area contributed by atoms with E-state index in [4.69, 9.17) is 0 Å². The van der Waals surface area contributed by atoms with Crippen molar-refractivity contribution in [1.29, 1.82) is 0 Å². The molecule has 1 aromatic heterocycles. The molecule has 0 radical (unpaired) electrons. The third-order valence-corrected chi connectivity index (χ3v) is 3.08. The molecule has 0 saturated heterocycles. The van der Waals surface area contributed by atoms with Crippen molar-refractivity contribution in [1.82, 2.24) is 9.97 Å². The van der Waals surface area contributed by atoms with Crippen molar-refractivity contribution >= 4 is 11.6 Å². The molecule has 0 aliphatic heterocycles. The van der Waals surface area contributed by atoms with Gasteiger partial charge in [-0.3, -0.25) is 0 Å². The highest BCUT2D eigenvalue weighted by Gasteiger charge is 2.63. The number of anilines is 2. The maximum Gasteiger partial charge on any atom is 0.411 e. The molecule has 1 aliphatic carbocycles. The quantitative estimate of drug-likeness (QED) is 0.874. The first kappa shape index (κ1) is 12.9. The Morgan fingerprint density at radius 3 is 2.39 bits per heavy atom. The lowest BCUT2D eigenvalue weighted by molar-refractivity contribution is -0.151. The van der Waals surface area contributed by atoms with Crippen LogP contribution >= 0.6 is 0 Å². The molecule has 1 saturated carbocycles. The fourth-order valence-corrected chi connectivity index (χ4v) is 1.75. The molecule has 1 aromatic rings. The van der Waals surface area contributed by atoms with Crippen LogP contribution in [0.1, 0.15) is 25.3 Å². The maximum absolute atomic E-state index is 12.8. The normalized spacial score (nSPS) is 17.4. The summed E-state index contributed by atoms with van der Waals surface area (Å²) in [6.07, 6.45) is -2.80. The lowest BCUT2D eigenvalue weighted by Crippen LogP contribution is -2.39. The summed E-state index contributed by atoms with van der Waals surface area (Å²) in [5.41, 5.74) is -1.19. The van der Waals surface area contributed by atoms with Crippen LogP contribution in [-0.4, -0.2) is 28.2 Å². The van der Waals surface area contributed by atoms with E-state index in [1.54, 1.807) is 6.92 Å². The van der Waals surface area contributed by atoms with Gasteiger partial charge >= 0.3 is 6.18 Å². The van der Waals surface area contributed by atoms with Crippen LogP contribution in [0.25, 0.3) is 0 Å². The Morgan fingerprint density at radius 1 is 1.28 bits per heavy atom. The monoisotopic (exact) mass is 260 g/mol. The van der Waals surface area contributed by atoms with Gasteiger partial charge in [0.2, 0.25) is 0 Å². The Labute approximate surface area is 103 Å². The van der Waals surface area contributed by atoms with E-state index in [-0.39, 0.29) is 18.7 Å². The third kappa shape index (κ3) is 2.21. The Bertz CT molecular complexity index is 440. The molecule has 0 aromatic carbocycles. The summed E-state index contributed by atoms with van der Waals surface area (Å²) in [4.78, 5) is 7.90. The Kier molecular flexibility index (Phi) is 3.08. The molecule has 0 unspecified atom stereocenters. The van der Waals surface area contributed by atoms with Gasteiger partial charge in [0.15, 0.2) is 0 Å². The highest BCUT2D eigenvalue weighted by atomic mass is 19.4. The standard InChI is InChI=1S/C11H15F3N4/c1-3-15-8-7(2)9(17-6-16-8)18-10(4-5-10)11(12,13)14/h6H,3-5H2,1-2H3,(H2,15,16,17,18). The van der Waals surface area contributed by atoms with Crippen molar-refractivity contribution < 1.29 is 13.2 Å². The zero-order valence-electron chi connectivity index (χ0n) is 10.2. The second-order valence-corrected chi connectivity index (χ2v) is 4.43. The largest absolute Gasteiger partial charge is 0.411 e. The zero-order chi connectivity index (χ0) is 13.4. The van der Waals surface area contributed by atoms with Gasteiger partial charge in [-0.1, -0.05) is 0 Å². The van der Waals surface area contributed by atoms with E-state index in [2.05, 4.69) is 20.6 Å². The molecule has 2 N–H and O–H groups in total. The molecule has 18 heavy (non-hydrogen) atoms. The van der Waals surface area contributed by atoms with Crippen LogP contribution in [0.15, 0.2) is 6.33 Å². The van der Waals surface area contributed by atoms with Crippen LogP contribution in [0.3, 0.4) is 0 Å². The molecule has 100 valence electrons. The summed E-state index contributed by atoms with van der Waals surface area (Å²) in [5.74, 6) is 0.809. The van der Waals surface area contributed by atoms with Crippen LogP contribution in [0.5, 0.6) is 0 Å². The number of nitrogens with one attached hydrogen (secondary N) is 2. The minimum atomic E-state index is -4.25. The summed E-state index contributed by atoms with van der Waals surface area (Å²) in [7, 11) is 0. The Hall–Kier alpha value is -1.53. The van der Waals surface area contributed by atoms with Crippen molar-refractivity contribution in [3.05, 3.63) is 11.9 Å². The summed E-state index contributed by atoms with van der Waals surface area (Å²) in [5, 5.41) is 5.51. The summed E-state index contributed by atoms with van der Waals surface area (Å²) < 4.78 is 38.5. The van der Waals surface area contributed by atoms with Crippen molar-refractivity contribution in [3.8, 4) is 0 Å². The first-order valence-electron chi connectivity index (χ1n) is 5.80. The number of nitrogens with zero attached hydrogens (tertiary/aromatic N) is 2. The van der Waals surface area contributed by atoms with E-state index in [1.807, 2.05) is 6.92 Å².